The Kier molecular flexibility index (Phi) is 6.62. The van der Waals surface area contributed by atoms with Crippen molar-refractivity contribution in [2.45, 2.75) is 24.2 Å². The quantitative estimate of drug-likeness (QED) is 0.225. The maximum absolute atomic E-state index is 13.3. The molecule has 4 aromatic rings. The summed E-state index contributed by atoms with van der Waals surface area (Å²) >= 11 is 0. The summed E-state index contributed by atoms with van der Waals surface area (Å²) in [6, 6.07) is 19.2. The lowest BCUT2D eigenvalue weighted by Crippen LogP contribution is -2.35. The molecule has 12 heteroatoms. The summed E-state index contributed by atoms with van der Waals surface area (Å²) < 4.78 is 91.7. The van der Waals surface area contributed by atoms with Crippen LogP contribution in [-0.2, 0) is 12.4 Å². The Morgan fingerprint density at radius 3 is 1.20 bits per heavy atom. The van der Waals surface area contributed by atoms with Gasteiger partial charge in [0.2, 0.25) is 11.8 Å². The molecule has 0 spiro atoms. The van der Waals surface area contributed by atoms with Crippen molar-refractivity contribution in [2.75, 3.05) is 0 Å². The molecule has 0 saturated carbocycles. The average Bonchev–Trinajstić information content (AvgIpc) is 2.99. The maximum atomic E-state index is 13.3. The molecule has 0 amide bonds. The van der Waals surface area contributed by atoms with Gasteiger partial charge in [-0.3, -0.25) is 10.8 Å². The summed E-state index contributed by atoms with van der Waals surface area (Å²) in [5, 5.41) is 38.2. The summed E-state index contributed by atoms with van der Waals surface area (Å²) in [4.78, 5) is 0. The number of halogens is 6. The first-order valence-corrected chi connectivity index (χ1v) is 13.1. The molecular formula is C32H18F6N4O2. The van der Waals surface area contributed by atoms with Gasteiger partial charge < -0.3 is 9.47 Å². The van der Waals surface area contributed by atoms with Gasteiger partial charge in [-0.25, -0.2) is 0 Å². The fourth-order valence-corrected chi connectivity index (χ4v) is 5.99. The highest BCUT2D eigenvalue weighted by Crippen LogP contribution is 2.57. The van der Waals surface area contributed by atoms with Crippen LogP contribution in [0.3, 0.4) is 0 Å². The molecule has 44 heavy (non-hydrogen) atoms. The average molecular weight is 605 g/mol. The summed E-state index contributed by atoms with van der Waals surface area (Å²) in [6.07, 6.45) is -9.20. The lowest BCUT2D eigenvalue weighted by molar-refractivity contribution is -0.138. The van der Waals surface area contributed by atoms with Crippen molar-refractivity contribution in [1.29, 1.82) is 21.3 Å². The Hall–Kier alpha value is -5.36. The number of benzene rings is 4. The van der Waals surface area contributed by atoms with Crippen LogP contribution in [0.5, 0.6) is 11.5 Å². The SMILES string of the molecule is N#CC1C(=N)Oc2c3c(c4ccccc4c2C1c1ccc(C(F)(F)F)cc1)C(c1ccc(C(F)(F)F)cc1)C(C#N)C(=N)O3. The van der Waals surface area contributed by atoms with Gasteiger partial charge in [0.05, 0.1) is 23.3 Å². The van der Waals surface area contributed by atoms with Crippen LogP contribution in [0.2, 0.25) is 0 Å². The van der Waals surface area contributed by atoms with Crippen LogP contribution in [0.15, 0.2) is 72.8 Å². The Morgan fingerprint density at radius 1 is 0.568 bits per heavy atom. The molecule has 0 bridgehead atoms. The highest BCUT2D eigenvalue weighted by molar-refractivity contribution is 6.02. The van der Waals surface area contributed by atoms with Crippen LogP contribution in [0.1, 0.15) is 45.2 Å². The zero-order valence-electron chi connectivity index (χ0n) is 22.2. The number of ether oxygens (including phenoxy) is 2. The minimum Gasteiger partial charge on any atom is -0.438 e. The molecule has 0 aromatic heterocycles. The zero-order chi connectivity index (χ0) is 31.6. The zero-order valence-corrected chi connectivity index (χ0v) is 22.2. The van der Waals surface area contributed by atoms with E-state index < -0.39 is 58.9 Å². The van der Waals surface area contributed by atoms with E-state index in [9.17, 15) is 36.9 Å². The van der Waals surface area contributed by atoms with Gasteiger partial charge in [-0.05, 0) is 46.2 Å². The number of hydrogen-bond acceptors (Lipinski definition) is 6. The number of nitriles is 2. The smallest absolute Gasteiger partial charge is 0.416 e. The van der Waals surface area contributed by atoms with Gasteiger partial charge in [-0.1, -0.05) is 48.5 Å². The molecule has 2 aliphatic heterocycles. The van der Waals surface area contributed by atoms with E-state index in [4.69, 9.17) is 20.3 Å². The number of fused-ring (bicyclic) bond motifs is 6. The van der Waals surface area contributed by atoms with Crippen molar-refractivity contribution in [3.8, 4) is 23.6 Å². The molecule has 4 aromatic carbocycles. The summed E-state index contributed by atoms with van der Waals surface area (Å²) in [6.45, 7) is 0. The van der Waals surface area contributed by atoms with E-state index in [-0.39, 0.29) is 11.5 Å². The van der Waals surface area contributed by atoms with E-state index in [1.165, 1.54) is 24.3 Å². The summed E-state index contributed by atoms with van der Waals surface area (Å²) in [7, 11) is 0. The van der Waals surface area contributed by atoms with Crippen LogP contribution >= 0.6 is 0 Å². The molecule has 6 rings (SSSR count). The number of nitrogens with one attached hydrogen (secondary N) is 2. The highest BCUT2D eigenvalue weighted by atomic mass is 19.4. The molecule has 0 aliphatic carbocycles. The van der Waals surface area contributed by atoms with E-state index >= 15 is 0 Å². The molecule has 4 atom stereocenters. The van der Waals surface area contributed by atoms with Crippen LogP contribution < -0.4 is 9.47 Å². The molecule has 2 aliphatic rings. The van der Waals surface area contributed by atoms with Gasteiger partial charge in [0.25, 0.3) is 0 Å². The van der Waals surface area contributed by atoms with Crippen molar-refractivity contribution < 1.29 is 35.8 Å². The number of hydrogen-bond donors (Lipinski definition) is 2. The lowest BCUT2D eigenvalue weighted by atomic mass is 9.72. The molecule has 0 radical (unpaired) electrons. The second-order valence-electron chi connectivity index (χ2n) is 10.4. The first-order chi connectivity index (χ1) is 20.8. The first-order valence-electron chi connectivity index (χ1n) is 13.1. The fraction of sp³-hybridized carbons (Fsp3) is 0.188. The number of rotatable bonds is 2. The van der Waals surface area contributed by atoms with E-state index in [1.54, 1.807) is 24.3 Å². The topological polar surface area (TPSA) is 114 Å². The third-order valence-electron chi connectivity index (χ3n) is 7.95. The molecular weight excluding hydrogens is 586 g/mol. The van der Waals surface area contributed by atoms with E-state index in [2.05, 4.69) is 0 Å². The van der Waals surface area contributed by atoms with Crippen molar-refractivity contribution in [3.05, 3.63) is 106 Å². The Bertz CT molecular complexity index is 1780. The summed E-state index contributed by atoms with van der Waals surface area (Å²) in [5.74, 6) is -5.56. The van der Waals surface area contributed by atoms with Crippen LogP contribution in [-0.4, -0.2) is 11.8 Å². The molecule has 0 fully saturated rings. The van der Waals surface area contributed by atoms with Gasteiger partial charge in [0, 0.05) is 23.0 Å². The number of alkyl halides is 6. The first kappa shape index (κ1) is 28.7. The lowest BCUT2D eigenvalue weighted by Gasteiger charge is -2.37. The van der Waals surface area contributed by atoms with E-state index in [0.29, 0.717) is 33.0 Å². The largest absolute Gasteiger partial charge is 0.438 e. The minimum absolute atomic E-state index is 0.0573. The predicted molar refractivity (Wildman–Crippen MR) is 145 cm³/mol. The van der Waals surface area contributed by atoms with Gasteiger partial charge >= 0.3 is 12.4 Å². The molecule has 220 valence electrons. The minimum atomic E-state index is -4.60. The second kappa shape index (κ2) is 10.1. The van der Waals surface area contributed by atoms with E-state index in [1.807, 2.05) is 12.1 Å². The standard InChI is InChI=1S/C32H18F6N4O2/c33-31(34,35)17-9-5-15(6-10-17)23-21(13-39)29(41)43-27-25(23)19-3-1-2-4-20(19)26-24(22(14-40)30(42)44-28(26)27)16-7-11-18(12-8-16)32(36,37)38/h1-12,21-24,41-42H. The molecule has 2 heterocycles. The Labute approximate surface area is 245 Å². The number of nitrogens with zero attached hydrogens (tertiary/aromatic N) is 2. The second-order valence-corrected chi connectivity index (χ2v) is 10.4. The predicted octanol–water partition coefficient (Wildman–Crippen LogP) is 8.16. The van der Waals surface area contributed by atoms with Gasteiger partial charge in [0.15, 0.2) is 11.5 Å². The highest BCUT2D eigenvalue weighted by Gasteiger charge is 2.46. The molecule has 2 N–H and O–H groups in total. The van der Waals surface area contributed by atoms with E-state index in [0.717, 1.165) is 24.3 Å². The molecule has 6 nitrogen and oxygen atoms in total. The monoisotopic (exact) mass is 604 g/mol. The van der Waals surface area contributed by atoms with Gasteiger partial charge in [-0.15, -0.1) is 0 Å². The van der Waals surface area contributed by atoms with Crippen LogP contribution in [0, 0.1) is 45.3 Å². The van der Waals surface area contributed by atoms with Crippen LogP contribution in [0.4, 0.5) is 26.3 Å². The Morgan fingerprint density at radius 2 is 0.909 bits per heavy atom. The Balaban J connectivity index is 1.64. The fourth-order valence-electron chi connectivity index (χ4n) is 5.99. The van der Waals surface area contributed by atoms with Crippen molar-refractivity contribution in [2.24, 2.45) is 11.8 Å². The van der Waals surface area contributed by atoms with Crippen LogP contribution in [0.25, 0.3) is 10.8 Å². The normalized spacial score (nSPS) is 21.4. The molecule has 4 unspecified atom stereocenters. The third-order valence-corrected chi connectivity index (χ3v) is 7.95. The van der Waals surface area contributed by atoms with Crippen molar-refractivity contribution in [1.82, 2.24) is 0 Å². The third kappa shape index (κ3) is 4.51. The van der Waals surface area contributed by atoms with Gasteiger partial charge in [-0.2, -0.15) is 36.9 Å². The van der Waals surface area contributed by atoms with Crippen molar-refractivity contribution >= 4 is 22.6 Å². The van der Waals surface area contributed by atoms with Gasteiger partial charge in [0.1, 0.15) is 11.8 Å². The maximum Gasteiger partial charge on any atom is 0.416 e. The van der Waals surface area contributed by atoms with Crippen molar-refractivity contribution in [3.63, 3.8) is 0 Å². The summed E-state index contributed by atoms with van der Waals surface area (Å²) in [5.41, 5.74) is -0.544. The molecule has 0 saturated heterocycles.